The molecule has 1 aromatic heterocycles. The monoisotopic (exact) mass is 218 g/mol. The molecule has 0 aromatic carbocycles. The van der Waals surface area contributed by atoms with Gasteiger partial charge < -0.3 is 15.8 Å². The highest BCUT2D eigenvalue weighted by Crippen LogP contribution is 2.25. The lowest BCUT2D eigenvalue weighted by Crippen LogP contribution is -2.35. The Morgan fingerprint density at radius 1 is 1.69 bits per heavy atom. The third kappa shape index (κ3) is 2.07. The van der Waals surface area contributed by atoms with Gasteiger partial charge in [0.25, 0.3) is 0 Å². The van der Waals surface area contributed by atoms with E-state index in [4.69, 9.17) is 15.7 Å². The Morgan fingerprint density at radius 2 is 2.50 bits per heavy atom. The molecular weight excluding hydrogens is 204 g/mol. The van der Waals surface area contributed by atoms with Crippen molar-refractivity contribution in [2.75, 3.05) is 24.3 Å². The minimum Gasteiger partial charge on any atom is -0.397 e. The summed E-state index contributed by atoms with van der Waals surface area (Å²) in [5, 5.41) is 12.2. The molecule has 5 heteroatoms. The maximum absolute atomic E-state index is 8.98. The molecule has 5 nitrogen and oxygen atoms in total. The molecule has 1 aliphatic rings. The Morgan fingerprint density at radius 3 is 3.12 bits per heavy atom. The Balaban J connectivity index is 2.24. The molecule has 0 amide bonds. The molecule has 0 bridgehead atoms. The number of aromatic nitrogens is 1. The van der Waals surface area contributed by atoms with Gasteiger partial charge in [-0.15, -0.1) is 0 Å². The maximum atomic E-state index is 8.98. The van der Waals surface area contributed by atoms with Crippen LogP contribution in [0.25, 0.3) is 0 Å². The van der Waals surface area contributed by atoms with E-state index in [0.717, 1.165) is 13.0 Å². The van der Waals surface area contributed by atoms with Crippen molar-refractivity contribution in [2.24, 2.45) is 0 Å². The van der Waals surface area contributed by atoms with Gasteiger partial charge in [-0.2, -0.15) is 5.26 Å². The minimum atomic E-state index is -0.144. The molecule has 0 saturated carbocycles. The first-order chi connectivity index (χ1) is 7.63. The molecule has 1 fully saturated rings. The minimum absolute atomic E-state index is 0.144. The van der Waals surface area contributed by atoms with Crippen LogP contribution in [0.4, 0.5) is 11.5 Å². The number of ether oxygens (including phenoxy) is 1. The summed E-state index contributed by atoms with van der Waals surface area (Å²) in [6.45, 7) is 3.42. The summed E-state index contributed by atoms with van der Waals surface area (Å²) in [5.41, 5.74) is 6.40. The fourth-order valence-electron chi connectivity index (χ4n) is 1.72. The average molecular weight is 218 g/mol. The molecule has 0 radical (unpaired) electrons. The predicted molar refractivity (Wildman–Crippen MR) is 60.8 cm³/mol. The van der Waals surface area contributed by atoms with Gasteiger partial charge in [-0.1, -0.05) is 0 Å². The van der Waals surface area contributed by atoms with Crippen LogP contribution in [0.2, 0.25) is 0 Å². The number of nitriles is 1. The van der Waals surface area contributed by atoms with E-state index in [1.54, 1.807) is 12.3 Å². The standard InChI is InChI=1S/C11H14N4O/c1-11(2-3-16-7-11)15-10-8(5-12)4-9(13)6-14-10/h4,6H,2-3,7,13H2,1H3,(H,14,15). The lowest BCUT2D eigenvalue weighted by molar-refractivity contribution is 0.185. The summed E-state index contributed by atoms with van der Waals surface area (Å²) in [6.07, 6.45) is 2.45. The Kier molecular flexibility index (Phi) is 2.67. The van der Waals surface area contributed by atoms with E-state index in [2.05, 4.69) is 23.3 Å². The number of nitrogens with one attached hydrogen (secondary N) is 1. The van der Waals surface area contributed by atoms with Crippen LogP contribution in [0, 0.1) is 11.3 Å². The number of nitrogens with two attached hydrogens (primary N) is 1. The summed E-state index contributed by atoms with van der Waals surface area (Å²) >= 11 is 0. The third-order valence-corrected chi connectivity index (χ3v) is 2.67. The quantitative estimate of drug-likeness (QED) is 0.777. The zero-order valence-electron chi connectivity index (χ0n) is 9.16. The van der Waals surface area contributed by atoms with E-state index in [9.17, 15) is 0 Å². The molecule has 1 unspecified atom stereocenters. The number of rotatable bonds is 2. The van der Waals surface area contributed by atoms with Crippen molar-refractivity contribution >= 4 is 11.5 Å². The van der Waals surface area contributed by atoms with Crippen molar-refractivity contribution < 1.29 is 4.74 Å². The van der Waals surface area contributed by atoms with Crippen LogP contribution in [-0.2, 0) is 4.74 Å². The first-order valence-corrected chi connectivity index (χ1v) is 5.14. The molecule has 0 aliphatic carbocycles. The SMILES string of the molecule is CC1(Nc2ncc(N)cc2C#N)CCOC1. The van der Waals surface area contributed by atoms with Crippen LogP contribution in [0.1, 0.15) is 18.9 Å². The van der Waals surface area contributed by atoms with E-state index in [1.807, 2.05) is 0 Å². The summed E-state index contributed by atoms with van der Waals surface area (Å²) < 4.78 is 5.33. The summed E-state index contributed by atoms with van der Waals surface area (Å²) in [4.78, 5) is 4.14. The van der Waals surface area contributed by atoms with Gasteiger partial charge in [0.1, 0.15) is 11.9 Å². The van der Waals surface area contributed by atoms with Gasteiger partial charge in [0, 0.05) is 6.61 Å². The van der Waals surface area contributed by atoms with Gasteiger partial charge in [-0.25, -0.2) is 4.98 Å². The molecular formula is C11H14N4O. The maximum Gasteiger partial charge on any atom is 0.144 e. The van der Waals surface area contributed by atoms with E-state index in [1.165, 1.54) is 0 Å². The average Bonchev–Trinajstić information content (AvgIpc) is 2.68. The van der Waals surface area contributed by atoms with Crippen LogP contribution in [0.3, 0.4) is 0 Å². The number of pyridine rings is 1. The van der Waals surface area contributed by atoms with Crippen molar-refractivity contribution in [3.05, 3.63) is 17.8 Å². The zero-order valence-corrected chi connectivity index (χ0v) is 9.16. The van der Waals surface area contributed by atoms with Gasteiger partial charge in [0.05, 0.1) is 29.6 Å². The molecule has 2 heterocycles. The Labute approximate surface area is 94.2 Å². The van der Waals surface area contributed by atoms with Crippen molar-refractivity contribution in [3.8, 4) is 6.07 Å². The highest BCUT2D eigenvalue weighted by atomic mass is 16.5. The lowest BCUT2D eigenvalue weighted by Gasteiger charge is -2.24. The first kappa shape index (κ1) is 10.7. The molecule has 84 valence electrons. The van der Waals surface area contributed by atoms with Crippen LogP contribution >= 0.6 is 0 Å². The molecule has 0 spiro atoms. The van der Waals surface area contributed by atoms with Gasteiger partial charge >= 0.3 is 0 Å². The van der Waals surface area contributed by atoms with Gasteiger partial charge in [0.15, 0.2) is 0 Å². The van der Waals surface area contributed by atoms with E-state index in [-0.39, 0.29) is 5.54 Å². The molecule has 16 heavy (non-hydrogen) atoms. The third-order valence-electron chi connectivity index (χ3n) is 2.67. The van der Waals surface area contributed by atoms with E-state index >= 15 is 0 Å². The largest absolute Gasteiger partial charge is 0.397 e. The van der Waals surface area contributed by atoms with Crippen molar-refractivity contribution in [1.82, 2.24) is 4.98 Å². The number of hydrogen-bond acceptors (Lipinski definition) is 5. The van der Waals surface area contributed by atoms with Crippen LogP contribution in [-0.4, -0.2) is 23.7 Å². The predicted octanol–water partition coefficient (Wildman–Crippen LogP) is 1.13. The van der Waals surface area contributed by atoms with Crippen molar-refractivity contribution in [3.63, 3.8) is 0 Å². The first-order valence-electron chi connectivity index (χ1n) is 5.14. The lowest BCUT2D eigenvalue weighted by atomic mass is 10.0. The second kappa shape index (κ2) is 3.99. The number of nitrogen functional groups attached to an aromatic ring is 1. The smallest absolute Gasteiger partial charge is 0.144 e. The molecule has 3 N–H and O–H groups in total. The number of nitrogens with zero attached hydrogens (tertiary/aromatic N) is 2. The summed E-state index contributed by atoms with van der Waals surface area (Å²) in [5.74, 6) is 0.574. The molecule has 1 saturated heterocycles. The van der Waals surface area contributed by atoms with E-state index in [0.29, 0.717) is 23.7 Å². The Hall–Kier alpha value is -1.80. The van der Waals surface area contributed by atoms with Crippen LogP contribution in [0.15, 0.2) is 12.3 Å². The molecule has 1 aromatic rings. The molecule has 1 aliphatic heterocycles. The highest BCUT2D eigenvalue weighted by molar-refractivity contribution is 5.58. The topological polar surface area (TPSA) is 84.0 Å². The highest BCUT2D eigenvalue weighted by Gasteiger charge is 2.30. The molecule has 2 rings (SSSR count). The fraction of sp³-hybridized carbons (Fsp3) is 0.455. The number of anilines is 2. The molecule has 1 atom stereocenters. The normalized spacial score (nSPS) is 24.0. The van der Waals surface area contributed by atoms with Crippen molar-refractivity contribution in [2.45, 2.75) is 18.9 Å². The van der Waals surface area contributed by atoms with Gasteiger partial charge in [0.2, 0.25) is 0 Å². The van der Waals surface area contributed by atoms with Crippen LogP contribution in [0.5, 0.6) is 0 Å². The second-order valence-corrected chi connectivity index (χ2v) is 4.26. The van der Waals surface area contributed by atoms with Crippen molar-refractivity contribution in [1.29, 1.82) is 5.26 Å². The van der Waals surface area contributed by atoms with Gasteiger partial charge in [-0.05, 0) is 19.4 Å². The van der Waals surface area contributed by atoms with E-state index < -0.39 is 0 Å². The van der Waals surface area contributed by atoms with Gasteiger partial charge in [-0.3, -0.25) is 0 Å². The second-order valence-electron chi connectivity index (χ2n) is 4.26. The number of hydrogen-bond donors (Lipinski definition) is 2. The zero-order chi connectivity index (χ0) is 11.6. The fourth-order valence-corrected chi connectivity index (χ4v) is 1.72. The summed E-state index contributed by atoms with van der Waals surface area (Å²) in [7, 11) is 0. The van der Waals surface area contributed by atoms with Crippen LogP contribution < -0.4 is 11.1 Å². The summed E-state index contributed by atoms with van der Waals surface area (Å²) in [6, 6.07) is 3.70. The Bertz CT molecular complexity index is 432.